The van der Waals surface area contributed by atoms with E-state index in [1.54, 1.807) is 11.1 Å². The van der Waals surface area contributed by atoms with Crippen molar-refractivity contribution in [3.05, 3.63) is 22.3 Å². The van der Waals surface area contributed by atoms with Crippen LogP contribution in [0.5, 0.6) is 0 Å². The maximum absolute atomic E-state index is 3.91. The van der Waals surface area contributed by atoms with E-state index in [0.717, 1.165) is 0 Å². The molecule has 1 aliphatic carbocycles. The number of allylic oxidation sites excluding steroid dienone is 4. The topological polar surface area (TPSA) is 12.0 Å². The fourth-order valence-corrected chi connectivity index (χ4v) is 8.15. The summed E-state index contributed by atoms with van der Waals surface area (Å²) in [5.74, 6) is 0. The Labute approximate surface area is 154 Å². The van der Waals surface area contributed by atoms with Gasteiger partial charge in [0.1, 0.15) is 8.24 Å². The molecule has 0 bridgehead atoms. The Morgan fingerprint density at radius 1 is 0.850 bits per heavy atom. The van der Waals surface area contributed by atoms with Crippen molar-refractivity contribution >= 4 is 8.24 Å². The third-order valence-electron chi connectivity index (χ3n) is 4.03. The van der Waals surface area contributed by atoms with Gasteiger partial charge in [0.2, 0.25) is 0 Å². The molecule has 0 fully saturated rings. The summed E-state index contributed by atoms with van der Waals surface area (Å²) in [6, 6.07) is 0. The van der Waals surface area contributed by atoms with Crippen LogP contribution in [0.15, 0.2) is 22.3 Å². The fourth-order valence-electron chi connectivity index (χ4n) is 3.47. The van der Waals surface area contributed by atoms with E-state index in [1.807, 2.05) is 0 Å². The zero-order valence-corrected chi connectivity index (χ0v) is 18.4. The molecular weight excluding hydrogens is 341 g/mol. The summed E-state index contributed by atoms with van der Waals surface area (Å²) in [7, 11) is -1.48. The molecular formula is C15H29Cl2NSiTi. The Balaban J connectivity index is -0.000000963. The van der Waals surface area contributed by atoms with Gasteiger partial charge in [0.05, 0.1) is 0 Å². The summed E-state index contributed by atoms with van der Waals surface area (Å²) >= 11 is 0. The van der Waals surface area contributed by atoms with Gasteiger partial charge in [0.15, 0.2) is 0 Å². The fraction of sp³-hybridized carbons (Fsp3) is 0.733. The summed E-state index contributed by atoms with van der Waals surface area (Å²) in [6.45, 7) is 20.9. The summed E-state index contributed by atoms with van der Waals surface area (Å²) in [5.41, 5.74) is 7.09. The standard InChI is InChI=1S/C15H29NSi.2ClH.Ti/c1-10-11(2)13(4)14(12(10)3)17(8,9)16-15(5,6)7;;;/h14,16H,1-9H3;2*1H;/q;;;+2/p-2. The molecule has 0 aromatic heterocycles. The van der Waals surface area contributed by atoms with Crippen molar-refractivity contribution in [1.82, 2.24) is 4.98 Å². The Kier molecular flexibility index (Phi) is 11.1. The van der Waals surface area contributed by atoms with Gasteiger partial charge in [0.25, 0.3) is 0 Å². The number of nitrogens with one attached hydrogen (secondary N) is 1. The van der Waals surface area contributed by atoms with Crippen LogP contribution in [0.2, 0.25) is 18.6 Å². The van der Waals surface area contributed by atoms with E-state index in [-0.39, 0.29) is 52.1 Å². The normalized spacial score (nSPS) is 16.6. The zero-order valence-electron chi connectivity index (χ0n) is 14.3. The molecule has 0 aliphatic heterocycles. The SMILES string of the molecule is CC1=C(C)C([Si](C)(C)NC(C)(C)C)C(C)=C1C.[Cl-].[Cl-].[Ti+2]. The molecule has 5 heteroatoms. The quantitative estimate of drug-likeness (QED) is 0.593. The molecule has 0 aromatic carbocycles. The van der Waals surface area contributed by atoms with Crippen LogP contribution in [0.4, 0.5) is 0 Å². The molecule has 20 heavy (non-hydrogen) atoms. The second kappa shape index (κ2) is 8.55. The maximum atomic E-state index is 3.91. The van der Waals surface area contributed by atoms with E-state index >= 15 is 0 Å². The van der Waals surface area contributed by atoms with Crippen LogP contribution in [-0.2, 0) is 21.7 Å². The van der Waals surface area contributed by atoms with Gasteiger partial charge in [-0.05, 0) is 59.6 Å². The third-order valence-corrected chi connectivity index (χ3v) is 7.73. The molecule has 0 spiro atoms. The summed E-state index contributed by atoms with van der Waals surface area (Å²) in [4.78, 5) is 3.91. The smallest absolute Gasteiger partial charge is 1.00 e. The van der Waals surface area contributed by atoms with Crippen LogP contribution >= 0.6 is 0 Å². The maximum Gasteiger partial charge on any atom is 2.00 e. The zero-order chi connectivity index (χ0) is 13.6. The van der Waals surface area contributed by atoms with Crippen molar-refractivity contribution in [2.45, 2.75) is 72.6 Å². The number of halogens is 2. The van der Waals surface area contributed by atoms with Gasteiger partial charge in [-0.15, -0.1) is 0 Å². The largest absolute Gasteiger partial charge is 2.00 e. The first-order chi connectivity index (χ1) is 7.47. The van der Waals surface area contributed by atoms with Crippen molar-refractivity contribution in [2.24, 2.45) is 0 Å². The monoisotopic (exact) mass is 369 g/mol. The van der Waals surface area contributed by atoms with Crippen LogP contribution in [0, 0.1) is 0 Å². The van der Waals surface area contributed by atoms with E-state index < -0.39 is 8.24 Å². The van der Waals surface area contributed by atoms with Crippen molar-refractivity contribution in [3.63, 3.8) is 0 Å². The van der Waals surface area contributed by atoms with E-state index in [4.69, 9.17) is 0 Å². The first kappa shape index (κ1) is 25.9. The molecule has 1 nitrogen and oxygen atoms in total. The molecule has 0 saturated carbocycles. The van der Waals surface area contributed by atoms with Gasteiger partial charge in [-0.25, -0.2) is 0 Å². The van der Waals surface area contributed by atoms with Crippen molar-refractivity contribution < 1.29 is 46.5 Å². The van der Waals surface area contributed by atoms with Gasteiger partial charge in [-0.1, -0.05) is 24.2 Å². The predicted molar refractivity (Wildman–Crippen MR) is 80.9 cm³/mol. The van der Waals surface area contributed by atoms with E-state index in [9.17, 15) is 0 Å². The molecule has 0 atom stereocenters. The summed E-state index contributed by atoms with van der Waals surface area (Å²) in [5, 5.41) is 0. The minimum Gasteiger partial charge on any atom is -1.00 e. The van der Waals surface area contributed by atoms with E-state index in [0.29, 0.717) is 5.54 Å². The number of hydrogen-bond donors (Lipinski definition) is 1. The molecule has 1 rings (SSSR count). The number of rotatable bonds is 2. The van der Waals surface area contributed by atoms with Gasteiger partial charge in [-0.2, -0.15) is 0 Å². The van der Waals surface area contributed by atoms with Gasteiger partial charge >= 0.3 is 21.7 Å². The molecule has 0 heterocycles. The van der Waals surface area contributed by atoms with Crippen LogP contribution in [0.3, 0.4) is 0 Å². The summed E-state index contributed by atoms with van der Waals surface area (Å²) in [6.07, 6.45) is 0. The molecule has 0 aromatic rings. The minimum atomic E-state index is -1.48. The van der Waals surface area contributed by atoms with Gasteiger partial charge in [0, 0.05) is 11.1 Å². The number of hydrogen-bond acceptors (Lipinski definition) is 1. The predicted octanol–water partition coefficient (Wildman–Crippen LogP) is -1.36. The van der Waals surface area contributed by atoms with Crippen LogP contribution in [0.1, 0.15) is 48.5 Å². The van der Waals surface area contributed by atoms with Crippen molar-refractivity contribution in [1.29, 1.82) is 0 Å². The second-order valence-electron chi connectivity index (χ2n) is 7.15. The van der Waals surface area contributed by atoms with E-state index in [2.05, 4.69) is 66.5 Å². The third kappa shape index (κ3) is 5.62. The molecule has 0 radical (unpaired) electrons. The molecule has 0 unspecified atom stereocenters. The Bertz CT molecular complexity index is 371. The Morgan fingerprint density at radius 2 is 1.15 bits per heavy atom. The first-order valence-corrected chi connectivity index (χ1v) is 9.69. The second-order valence-corrected chi connectivity index (χ2v) is 11.4. The van der Waals surface area contributed by atoms with Crippen molar-refractivity contribution in [3.8, 4) is 0 Å². The average Bonchev–Trinajstić information content (AvgIpc) is 2.27. The van der Waals surface area contributed by atoms with Crippen LogP contribution < -0.4 is 29.8 Å². The average molecular weight is 370 g/mol. The Morgan fingerprint density at radius 3 is 1.40 bits per heavy atom. The van der Waals surface area contributed by atoms with Crippen LogP contribution in [-0.4, -0.2) is 13.8 Å². The van der Waals surface area contributed by atoms with Crippen molar-refractivity contribution in [2.75, 3.05) is 0 Å². The molecule has 0 saturated heterocycles. The first-order valence-electron chi connectivity index (χ1n) is 6.62. The Hall–Kier alpha value is 0.951. The minimum absolute atomic E-state index is 0. The molecule has 116 valence electrons. The van der Waals surface area contributed by atoms with Gasteiger partial charge < -0.3 is 29.8 Å². The van der Waals surface area contributed by atoms with Gasteiger partial charge in [-0.3, -0.25) is 0 Å². The van der Waals surface area contributed by atoms with Crippen LogP contribution in [0.25, 0.3) is 0 Å². The molecule has 1 N–H and O–H groups in total. The molecule has 1 aliphatic rings. The van der Waals surface area contributed by atoms with E-state index in [1.165, 1.54) is 11.1 Å². The molecule has 0 amide bonds. The summed E-state index contributed by atoms with van der Waals surface area (Å²) < 4.78 is 0.